The van der Waals surface area contributed by atoms with E-state index in [1.165, 1.54) is 12.1 Å². The van der Waals surface area contributed by atoms with Gasteiger partial charge in [-0.15, -0.1) is 0 Å². The Bertz CT molecular complexity index is 895. The van der Waals surface area contributed by atoms with Gasteiger partial charge in [-0.2, -0.15) is 0 Å². The van der Waals surface area contributed by atoms with Crippen LogP contribution in [0.2, 0.25) is 10.0 Å². The Labute approximate surface area is 142 Å². The molecular weight excluding hydrogens is 340 g/mol. The predicted octanol–water partition coefficient (Wildman–Crippen LogP) is 4.74. The summed E-state index contributed by atoms with van der Waals surface area (Å²) in [5, 5.41) is 1.09. The molecule has 0 spiro atoms. The first-order chi connectivity index (χ1) is 10.9. The molecule has 0 fully saturated rings. The molecule has 23 heavy (non-hydrogen) atoms. The van der Waals surface area contributed by atoms with E-state index >= 15 is 0 Å². The molecule has 3 aromatic rings. The number of benzene rings is 1. The maximum atomic E-state index is 13.7. The van der Waals surface area contributed by atoms with Crippen LogP contribution in [-0.4, -0.2) is 9.55 Å². The highest BCUT2D eigenvalue weighted by atomic mass is 35.5. The molecule has 2 N–H and O–H groups in total. The molecule has 4 nitrogen and oxygen atoms in total. The number of rotatable bonds is 3. The Kier molecular flexibility index (Phi) is 4.08. The van der Waals surface area contributed by atoms with Crippen molar-refractivity contribution >= 4 is 39.9 Å². The second kappa shape index (κ2) is 5.91. The molecule has 0 saturated heterocycles. The Morgan fingerprint density at radius 2 is 2.04 bits per heavy atom. The summed E-state index contributed by atoms with van der Waals surface area (Å²) < 4.78 is 21.5. The number of halogens is 3. The standard InChI is InChI=1S/C16H14Cl2FN3O/c1-8(13-10(17)3-4-11(19)14(13)18)23-15-9-5-6-22(2)12(9)7-21-16(15)20/h3-8H,1-2H3,(H2,20,21)/t8-/m1/s1. The topological polar surface area (TPSA) is 53.1 Å². The van der Waals surface area contributed by atoms with Gasteiger partial charge in [0.1, 0.15) is 11.9 Å². The number of anilines is 1. The number of nitrogens with zero attached hydrogens (tertiary/aromatic N) is 2. The van der Waals surface area contributed by atoms with Crippen molar-refractivity contribution in [3.8, 4) is 5.75 Å². The highest BCUT2D eigenvalue weighted by Crippen LogP contribution is 2.38. The predicted molar refractivity (Wildman–Crippen MR) is 90.6 cm³/mol. The summed E-state index contributed by atoms with van der Waals surface area (Å²) in [7, 11) is 1.90. The van der Waals surface area contributed by atoms with Crippen LogP contribution < -0.4 is 10.5 Å². The fraction of sp³-hybridized carbons (Fsp3) is 0.188. The van der Waals surface area contributed by atoms with E-state index < -0.39 is 11.9 Å². The summed E-state index contributed by atoms with van der Waals surface area (Å²) in [4.78, 5) is 4.14. The molecule has 0 amide bonds. The van der Waals surface area contributed by atoms with E-state index in [0.717, 1.165) is 10.9 Å². The average molecular weight is 354 g/mol. The lowest BCUT2D eigenvalue weighted by molar-refractivity contribution is 0.230. The normalized spacial score (nSPS) is 12.6. The van der Waals surface area contributed by atoms with Crippen molar-refractivity contribution in [2.24, 2.45) is 7.05 Å². The van der Waals surface area contributed by atoms with Crippen molar-refractivity contribution in [1.82, 2.24) is 9.55 Å². The first-order valence-electron chi connectivity index (χ1n) is 6.89. The lowest BCUT2D eigenvalue weighted by Gasteiger charge is -2.19. The number of fused-ring (bicyclic) bond motifs is 1. The zero-order valence-corrected chi connectivity index (χ0v) is 14.0. The summed E-state index contributed by atoms with van der Waals surface area (Å²) in [5.41, 5.74) is 7.19. The molecule has 0 saturated carbocycles. The van der Waals surface area contributed by atoms with E-state index in [-0.39, 0.29) is 10.8 Å². The molecule has 120 valence electrons. The third kappa shape index (κ3) is 2.71. The van der Waals surface area contributed by atoms with Crippen molar-refractivity contribution in [1.29, 1.82) is 0 Å². The van der Waals surface area contributed by atoms with Crippen LogP contribution in [-0.2, 0) is 7.05 Å². The van der Waals surface area contributed by atoms with Crippen LogP contribution in [0.5, 0.6) is 5.75 Å². The van der Waals surface area contributed by atoms with Crippen LogP contribution in [0.25, 0.3) is 10.9 Å². The van der Waals surface area contributed by atoms with Gasteiger partial charge in [0, 0.05) is 29.2 Å². The van der Waals surface area contributed by atoms with E-state index in [1.807, 2.05) is 23.9 Å². The molecule has 1 aromatic carbocycles. The molecule has 2 aromatic heterocycles. The molecule has 0 aliphatic rings. The van der Waals surface area contributed by atoms with E-state index in [0.29, 0.717) is 16.3 Å². The van der Waals surface area contributed by atoms with E-state index in [9.17, 15) is 4.39 Å². The molecule has 0 unspecified atom stereocenters. The number of hydrogen-bond acceptors (Lipinski definition) is 3. The van der Waals surface area contributed by atoms with Gasteiger partial charge in [0.2, 0.25) is 0 Å². The monoisotopic (exact) mass is 353 g/mol. The number of pyridine rings is 1. The first-order valence-corrected chi connectivity index (χ1v) is 7.65. The molecule has 1 atom stereocenters. The second-order valence-electron chi connectivity index (χ2n) is 5.22. The van der Waals surface area contributed by atoms with Crippen LogP contribution in [0, 0.1) is 5.82 Å². The maximum absolute atomic E-state index is 13.7. The second-order valence-corrected chi connectivity index (χ2v) is 6.00. The van der Waals surface area contributed by atoms with Crippen LogP contribution in [0.3, 0.4) is 0 Å². The highest BCUT2D eigenvalue weighted by Gasteiger charge is 2.21. The molecule has 3 rings (SSSR count). The molecule has 0 aliphatic carbocycles. The lowest BCUT2D eigenvalue weighted by atomic mass is 10.1. The van der Waals surface area contributed by atoms with Crippen LogP contribution in [0.4, 0.5) is 10.2 Å². The molecule has 0 aliphatic heterocycles. The number of aromatic nitrogens is 2. The Balaban J connectivity index is 2.06. The molecule has 7 heteroatoms. The van der Waals surface area contributed by atoms with Crippen molar-refractivity contribution in [3.05, 3.63) is 52.0 Å². The number of aryl methyl sites for hydroxylation is 1. The van der Waals surface area contributed by atoms with Gasteiger partial charge in [-0.3, -0.25) is 0 Å². The van der Waals surface area contributed by atoms with Gasteiger partial charge in [-0.05, 0) is 25.1 Å². The van der Waals surface area contributed by atoms with Crippen molar-refractivity contribution in [3.63, 3.8) is 0 Å². The Morgan fingerprint density at radius 3 is 2.78 bits per heavy atom. The number of ether oxygens (including phenoxy) is 1. The maximum Gasteiger partial charge on any atom is 0.171 e. The van der Waals surface area contributed by atoms with Gasteiger partial charge in [0.05, 0.1) is 16.7 Å². The summed E-state index contributed by atoms with van der Waals surface area (Å²) in [6.45, 7) is 1.73. The van der Waals surface area contributed by atoms with E-state index in [4.69, 9.17) is 33.7 Å². The molecular formula is C16H14Cl2FN3O. The van der Waals surface area contributed by atoms with Gasteiger partial charge in [0.15, 0.2) is 11.6 Å². The highest BCUT2D eigenvalue weighted by molar-refractivity contribution is 6.36. The molecule has 0 radical (unpaired) electrons. The fourth-order valence-corrected chi connectivity index (χ4v) is 3.17. The SMILES string of the molecule is C[C@@H](Oc1c(N)ncc2c1ccn2C)c1c(Cl)ccc(F)c1Cl. The van der Waals surface area contributed by atoms with Crippen molar-refractivity contribution in [2.45, 2.75) is 13.0 Å². The Hall–Kier alpha value is -1.98. The third-order valence-corrected chi connectivity index (χ3v) is 4.42. The molecule has 0 bridgehead atoms. The summed E-state index contributed by atoms with van der Waals surface area (Å²) in [6.07, 6.45) is 2.95. The van der Waals surface area contributed by atoms with Gasteiger partial charge in [0.25, 0.3) is 0 Å². The number of nitrogen functional groups attached to an aromatic ring is 1. The largest absolute Gasteiger partial charge is 0.481 e. The van der Waals surface area contributed by atoms with Gasteiger partial charge in [-0.25, -0.2) is 9.37 Å². The zero-order valence-electron chi connectivity index (χ0n) is 12.5. The Morgan fingerprint density at radius 1 is 1.30 bits per heavy atom. The minimum Gasteiger partial charge on any atom is -0.481 e. The van der Waals surface area contributed by atoms with Crippen LogP contribution >= 0.6 is 23.2 Å². The minimum absolute atomic E-state index is 0.0585. The first kappa shape index (κ1) is 15.9. The smallest absolute Gasteiger partial charge is 0.171 e. The van der Waals surface area contributed by atoms with Crippen LogP contribution in [0.1, 0.15) is 18.6 Å². The van der Waals surface area contributed by atoms with Crippen molar-refractivity contribution < 1.29 is 9.13 Å². The van der Waals surface area contributed by atoms with Crippen LogP contribution in [0.15, 0.2) is 30.6 Å². The summed E-state index contributed by atoms with van der Waals surface area (Å²) in [6, 6.07) is 4.54. The number of nitrogens with two attached hydrogens (primary N) is 1. The van der Waals surface area contributed by atoms with Gasteiger partial charge in [-0.1, -0.05) is 23.2 Å². The fourth-order valence-electron chi connectivity index (χ4n) is 2.50. The third-order valence-electron chi connectivity index (χ3n) is 3.70. The number of hydrogen-bond donors (Lipinski definition) is 1. The average Bonchev–Trinajstić information content (AvgIpc) is 2.88. The zero-order chi connectivity index (χ0) is 16.7. The summed E-state index contributed by atoms with van der Waals surface area (Å²) in [5.74, 6) is 0.122. The van der Waals surface area contributed by atoms with Gasteiger partial charge < -0.3 is 15.0 Å². The van der Waals surface area contributed by atoms with E-state index in [1.54, 1.807) is 13.1 Å². The minimum atomic E-state index is -0.597. The summed E-state index contributed by atoms with van der Waals surface area (Å²) >= 11 is 12.2. The van der Waals surface area contributed by atoms with E-state index in [2.05, 4.69) is 4.98 Å². The lowest BCUT2D eigenvalue weighted by Crippen LogP contribution is -2.08. The van der Waals surface area contributed by atoms with Gasteiger partial charge >= 0.3 is 0 Å². The molecule has 2 heterocycles. The van der Waals surface area contributed by atoms with Crippen molar-refractivity contribution in [2.75, 3.05) is 5.73 Å². The quantitative estimate of drug-likeness (QED) is 0.691.